The number of likely N-dealkylation sites (tertiary alicyclic amines) is 1. The van der Waals surface area contributed by atoms with E-state index in [1.54, 1.807) is 18.5 Å². The summed E-state index contributed by atoms with van der Waals surface area (Å²) in [4.78, 5) is 25.6. The predicted molar refractivity (Wildman–Crippen MR) is 77.5 cm³/mol. The van der Waals surface area contributed by atoms with Crippen molar-refractivity contribution in [2.24, 2.45) is 0 Å². The Morgan fingerprint density at radius 3 is 3.05 bits per heavy atom. The number of piperidine rings is 1. The van der Waals surface area contributed by atoms with E-state index in [1.807, 2.05) is 0 Å². The molecule has 20 heavy (non-hydrogen) atoms. The molecule has 6 nitrogen and oxygen atoms in total. The van der Waals surface area contributed by atoms with E-state index in [-0.39, 0.29) is 5.56 Å². The second-order valence-corrected chi connectivity index (χ2v) is 5.36. The number of hydrogen-bond donors (Lipinski definition) is 2. The fourth-order valence-electron chi connectivity index (χ4n) is 2.58. The highest BCUT2D eigenvalue weighted by molar-refractivity contribution is 5.75. The van der Waals surface area contributed by atoms with E-state index in [4.69, 9.17) is 0 Å². The molecule has 106 valence electrons. The van der Waals surface area contributed by atoms with Gasteiger partial charge in [0, 0.05) is 12.2 Å². The highest BCUT2D eigenvalue weighted by atomic mass is 16.1. The van der Waals surface area contributed by atoms with Gasteiger partial charge in [0.1, 0.15) is 5.82 Å². The lowest BCUT2D eigenvalue weighted by atomic mass is 10.1. The van der Waals surface area contributed by atoms with Crippen molar-refractivity contribution in [3.05, 3.63) is 34.6 Å². The quantitative estimate of drug-likeness (QED) is 0.852. The molecule has 3 heterocycles. The number of fused-ring (bicyclic) bond motifs is 1. The van der Waals surface area contributed by atoms with Gasteiger partial charge in [-0.2, -0.15) is 0 Å². The molecule has 1 fully saturated rings. The maximum atomic E-state index is 11.9. The van der Waals surface area contributed by atoms with Crippen LogP contribution >= 0.6 is 0 Å². The minimum Gasteiger partial charge on any atom is -0.309 e. The molecule has 1 aliphatic heterocycles. The van der Waals surface area contributed by atoms with Crippen molar-refractivity contribution >= 4 is 10.9 Å². The third-order valence-corrected chi connectivity index (χ3v) is 3.83. The minimum absolute atomic E-state index is 0.0995. The Kier molecular flexibility index (Phi) is 3.75. The third kappa shape index (κ3) is 2.86. The summed E-state index contributed by atoms with van der Waals surface area (Å²) in [7, 11) is 2.14. The number of H-pyrrole nitrogens is 1. The molecule has 0 aliphatic carbocycles. The lowest BCUT2D eigenvalue weighted by Crippen LogP contribution is -2.40. The van der Waals surface area contributed by atoms with Crippen molar-refractivity contribution in [3.8, 4) is 0 Å². The second kappa shape index (κ2) is 5.68. The summed E-state index contributed by atoms with van der Waals surface area (Å²) in [6.07, 6.45) is 5.51. The molecule has 0 atom stereocenters. The number of aromatic nitrogens is 3. The van der Waals surface area contributed by atoms with Crippen molar-refractivity contribution in [1.29, 1.82) is 0 Å². The van der Waals surface area contributed by atoms with Crippen LogP contribution in [0.15, 0.2) is 23.3 Å². The van der Waals surface area contributed by atoms with Crippen LogP contribution in [-0.4, -0.2) is 46.0 Å². The van der Waals surface area contributed by atoms with Crippen LogP contribution in [0.25, 0.3) is 10.9 Å². The molecule has 0 aromatic carbocycles. The molecule has 0 saturated carbocycles. The van der Waals surface area contributed by atoms with Gasteiger partial charge in [0.2, 0.25) is 0 Å². The molecular weight excluding hydrogens is 254 g/mol. The van der Waals surface area contributed by atoms with E-state index in [2.05, 4.69) is 32.2 Å². The number of rotatable bonds is 3. The molecule has 0 bridgehead atoms. The number of pyridine rings is 1. The lowest BCUT2D eigenvalue weighted by Gasteiger charge is -2.29. The summed E-state index contributed by atoms with van der Waals surface area (Å²) in [6.45, 7) is 2.82. The van der Waals surface area contributed by atoms with Crippen molar-refractivity contribution < 1.29 is 0 Å². The summed E-state index contributed by atoms with van der Waals surface area (Å²) in [5.41, 5.74) is 0.550. The van der Waals surface area contributed by atoms with Gasteiger partial charge >= 0.3 is 0 Å². The van der Waals surface area contributed by atoms with Gasteiger partial charge in [-0.15, -0.1) is 0 Å². The van der Waals surface area contributed by atoms with Crippen LogP contribution < -0.4 is 10.9 Å². The molecule has 0 amide bonds. The summed E-state index contributed by atoms with van der Waals surface area (Å²) >= 11 is 0. The molecule has 0 radical (unpaired) electrons. The Hall–Kier alpha value is -1.79. The minimum atomic E-state index is -0.0995. The highest BCUT2D eigenvalue weighted by Crippen LogP contribution is 2.09. The van der Waals surface area contributed by atoms with E-state index >= 15 is 0 Å². The van der Waals surface area contributed by atoms with Crippen molar-refractivity contribution in [2.45, 2.75) is 25.4 Å². The monoisotopic (exact) mass is 273 g/mol. The average Bonchev–Trinajstić information content (AvgIpc) is 2.47. The Bertz CT molecular complexity index is 645. The molecule has 2 aromatic rings. The smallest absolute Gasteiger partial charge is 0.258 e. The first-order chi connectivity index (χ1) is 9.72. The van der Waals surface area contributed by atoms with Crippen molar-refractivity contribution in [2.75, 3.05) is 20.1 Å². The van der Waals surface area contributed by atoms with E-state index < -0.39 is 0 Å². The Morgan fingerprint density at radius 1 is 1.45 bits per heavy atom. The molecule has 1 saturated heterocycles. The van der Waals surface area contributed by atoms with Crippen LogP contribution in [0.2, 0.25) is 0 Å². The molecule has 1 aliphatic rings. The van der Waals surface area contributed by atoms with Gasteiger partial charge in [0.25, 0.3) is 5.56 Å². The maximum absolute atomic E-state index is 11.9. The summed E-state index contributed by atoms with van der Waals surface area (Å²) in [5.74, 6) is 0.675. The van der Waals surface area contributed by atoms with Gasteiger partial charge < -0.3 is 15.2 Å². The Morgan fingerprint density at radius 2 is 2.25 bits per heavy atom. The van der Waals surface area contributed by atoms with Crippen LogP contribution in [0, 0.1) is 0 Å². The van der Waals surface area contributed by atoms with Crippen molar-refractivity contribution in [3.63, 3.8) is 0 Å². The van der Waals surface area contributed by atoms with E-state index in [0.29, 0.717) is 29.3 Å². The topological polar surface area (TPSA) is 73.9 Å². The Balaban J connectivity index is 1.70. The van der Waals surface area contributed by atoms with Crippen LogP contribution in [0.3, 0.4) is 0 Å². The van der Waals surface area contributed by atoms with Gasteiger partial charge in [-0.05, 0) is 39.0 Å². The number of nitrogens with zero attached hydrogens (tertiary/aromatic N) is 3. The molecule has 0 unspecified atom stereocenters. The van der Waals surface area contributed by atoms with Gasteiger partial charge in [0.15, 0.2) is 0 Å². The number of nitrogens with one attached hydrogen (secondary N) is 2. The highest BCUT2D eigenvalue weighted by Gasteiger charge is 2.16. The van der Waals surface area contributed by atoms with Crippen LogP contribution in [-0.2, 0) is 6.54 Å². The second-order valence-electron chi connectivity index (χ2n) is 5.36. The molecule has 3 rings (SSSR count). The number of hydrogen-bond acceptors (Lipinski definition) is 5. The molecular formula is C14H19N5O. The van der Waals surface area contributed by atoms with E-state index in [0.717, 1.165) is 25.9 Å². The fourth-order valence-corrected chi connectivity index (χ4v) is 2.58. The first-order valence-electron chi connectivity index (χ1n) is 6.97. The van der Waals surface area contributed by atoms with Gasteiger partial charge in [-0.3, -0.25) is 9.78 Å². The van der Waals surface area contributed by atoms with Crippen molar-refractivity contribution in [1.82, 2.24) is 25.2 Å². The van der Waals surface area contributed by atoms with Crippen LogP contribution in [0.4, 0.5) is 0 Å². The first kappa shape index (κ1) is 13.2. The predicted octanol–water partition coefficient (Wildman–Crippen LogP) is 0.502. The number of aromatic amines is 1. The van der Waals surface area contributed by atoms with E-state index in [9.17, 15) is 4.79 Å². The molecule has 0 spiro atoms. The van der Waals surface area contributed by atoms with Crippen LogP contribution in [0.1, 0.15) is 18.7 Å². The molecule has 2 aromatic heterocycles. The largest absolute Gasteiger partial charge is 0.309 e. The van der Waals surface area contributed by atoms with Crippen LogP contribution in [0.5, 0.6) is 0 Å². The zero-order valence-corrected chi connectivity index (χ0v) is 11.6. The Labute approximate surface area is 117 Å². The van der Waals surface area contributed by atoms with Gasteiger partial charge in [-0.1, -0.05) is 0 Å². The summed E-state index contributed by atoms with van der Waals surface area (Å²) < 4.78 is 0. The zero-order chi connectivity index (χ0) is 13.9. The van der Waals surface area contributed by atoms with Gasteiger partial charge in [-0.25, -0.2) is 4.98 Å². The average molecular weight is 273 g/mol. The zero-order valence-electron chi connectivity index (χ0n) is 11.6. The lowest BCUT2D eigenvalue weighted by molar-refractivity contribution is 0.233. The summed E-state index contributed by atoms with van der Waals surface area (Å²) in [6, 6.07) is 2.19. The molecule has 6 heteroatoms. The first-order valence-corrected chi connectivity index (χ1v) is 6.97. The third-order valence-electron chi connectivity index (χ3n) is 3.83. The summed E-state index contributed by atoms with van der Waals surface area (Å²) in [5, 5.41) is 4.06. The fraction of sp³-hybridized carbons (Fsp3) is 0.500. The normalized spacial score (nSPS) is 17.6. The molecule has 2 N–H and O–H groups in total. The standard InChI is InChI=1S/C14H19N5O/c1-19-6-3-10(4-7-19)16-9-13-17-12-8-15-5-2-11(12)14(20)18-13/h2,5,8,10,16H,3-4,6-7,9H2,1H3,(H,17,18,20). The maximum Gasteiger partial charge on any atom is 0.258 e. The SMILES string of the molecule is CN1CCC(NCc2nc3cnccc3c(=O)[nH]2)CC1. The van der Waals surface area contributed by atoms with Gasteiger partial charge in [0.05, 0.1) is 23.6 Å². The van der Waals surface area contributed by atoms with E-state index in [1.165, 1.54) is 0 Å².